The summed E-state index contributed by atoms with van der Waals surface area (Å²) in [5, 5.41) is 0. The van der Waals surface area contributed by atoms with E-state index in [1.54, 1.807) is 0 Å². The van der Waals surface area contributed by atoms with Gasteiger partial charge in [0.1, 0.15) is 0 Å². The first kappa shape index (κ1) is 12.3. The van der Waals surface area contributed by atoms with E-state index in [0.717, 1.165) is 11.6 Å². The van der Waals surface area contributed by atoms with Crippen LogP contribution < -0.4 is 0 Å². The van der Waals surface area contributed by atoms with E-state index in [2.05, 4.69) is 0 Å². The number of hydrogen-bond donors (Lipinski definition) is 0. The molecule has 0 N–H and O–H groups in total. The molecule has 0 atom stereocenters. The largest absolute Gasteiger partial charge is 0.416 e. The van der Waals surface area contributed by atoms with Crippen molar-refractivity contribution in [3.63, 3.8) is 0 Å². The van der Waals surface area contributed by atoms with E-state index in [1.165, 1.54) is 13.0 Å². The highest BCUT2D eigenvalue weighted by Crippen LogP contribution is 2.28. The summed E-state index contributed by atoms with van der Waals surface area (Å²) >= 11 is 0. The van der Waals surface area contributed by atoms with Crippen molar-refractivity contribution in [2.24, 2.45) is 0 Å². The van der Waals surface area contributed by atoms with Crippen LogP contribution >= 0.6 is 0 Å². The van der Waals surface area contributed by atoms with Gasteiger partial charge in [0.05, 0.1) is 5.57 Å². The Bertz CT molecular complexity index is 203. The number of halogens is 3. The molecule has 0 aliphatic heterocycles. The molecule has 76 valence electrons. The van der Waals surface area contributed by atoms with Crippen molar-refractivity contribution in [3.8, 4) is 0 Å². The fourth-order valence-electron chi connectivity index (χ4n) is 1.00. The van der Waals surface area contributed by atoms with Gasteiger partial charge in [0.25, 0.3) is 0 Å². The molecule has 0 fully saturated rings. The van der Waals surface area contributed by atoms with Gasteiger partial charge in [0.15, 0.2) is 0 Å². The predicted octanol–water partition coefficient (Wildman–Crippen LogP) is 4.24. The third-order valence-corrected chi connectivity index (χ3v) is 1.91. The summed E-state index contributed by atoms with van der Waals surface area (Å²) in [6.07, 6.45) is -0.538. The molecule has 0 aromatic rings. The molecule has 0 aliphatic rings. The zero-order chi connectivity index (χ0) is 10.5. The minimum atomic E-state index is -4.22. The third kappa shape index (κ3) is 4.15. The molecule has 0 bridgehead atoms. The average molecular weight is 192 g/mol. The Kier molecular flexibility index (Phi) is 4.81. The highest BCUT2D eigenvalue weighted by atomic mass is 19.4. The van der Waals surface area contributed by atoms with Gasteiger partial charge in [-0.2, -0.15) is 13.2 Å². The van der Waals surface area contributed by atoms with Gasteiger partial charge < -0.3 is 0 Å². The molecule has 0 nitrogen and oxygen atoms in total. The van der Waals surface area contributed by atoms with Crippen molar-refractivity contribution in [1.82, 2.24) is 0 Å². The molecule has 0 amide bonds. The molecular weight excluding hydrogens is 177 g/mol. The topological polar surface area (TPSA) is 0 Å². The van der Waals surface area contributed by atoms with Crippen LogP contribution in [0.3, 0.4) is 0 Å². The molecule has 0 heterocycles. The van der Waals surface area contributed by atoms with Crippen LogP contribution in [-0.2, 0) is 0 Å². The molecule has 0 aromatic heterocycles. The standard InChI is InChI=1S/C10H15F3/c1-4-8(5-2)7-9(6-3)10(11,12)13/h6-7H,4-5H2,1-3H3/b9-6+. The van der Waals surface area contributed by atoms with Crippen molar-refractivity contribution in [3.05, 3.63) is 23.3 Å². The van der Waals surface area contributed by atoms with Gasteiger partial charge >= 0.3 is 6.18 Å². The molecule has 0 rings (SSSR count). The second-order valence-electron chi connectivity index (χ2n) is 2.75. The Morgan fingerprint density at radius 1 is 1.15 bits per heavy atom. The third-order valence-electron chi connectivity index (χ3n) is 1.91. The molecule has 0 radical (unpaired) electrons. The SMILES string of the molecule is C/C=C(\C=C(CC)CC)C(F)(F)F. The minimum Gasteiger partial charge on any atom is -0.166 e. The lowest BCUT2D eigenvalue weighted by Gasteiger charge is -2.08. The number of allylic oxidation sites excluding steroid dienone is 4. The lowest BCUT2D eigenvalue weighted by Crippen LogP contribution is -2.10. The summed E-state index contributed by atoms with van der Waals surface area (Å²) in [5.74, 6) is 0. The normalized spacial score (nSPS) is 12.9. The summed E-state index contributed by atoms with van der Waals surface area (Å²) in [6, 6.07) is 0. The Morgan fingerprint density at radius 3 is 1.85 bits per heavy atom. The Balaban J connectivity index is 4.74. The van der Waals surface area contributed by atoms with Crippen molar-refractivity contribution in [2.75, 3.05) is 0 Å². The van der Waals surface area contributed by atoms with E-state index in [0.29, 0.717) is 12.8 Å². The van der Waals surface area contributed by atoms with Crippen molar-refractivity contribution < 1.29 is 13.2 Å². The molecule has 0 saturated heterocycles. The summed E-state index contributed by atoms with van der Waals surface area (Å²) in [5.41, 5.74) is 0.275. The molecule has 3 heteroatoms. The smallest absolute Gasteiger partial charge is 0.166 e. The molecule has 0 unspecified atom stereocenters. The number of alkyl halides is 3. The van der Waals surface area contributed by atoms with E-state index < -0.39 is 11.7 Å². The lowest BCUT2D eigenvalue weighted by atomic mass is 10.1. The van der Waals surface area contributed by atoms with Crippen molar-refractivity contribution in [2.45, 2.75) is 39.8 Å². The maximum atomic E-state index is 12.2. The average Bonchev–Trinajstić information content (AvgIpc) is 2.04. The minimum absolute atomic E-state index is 0.550. The van der Waals surface area contributed by atoms with Crippen LogP contribution in [-0.4, -0.2) is 6.18 Å². The van der Waals surface area contributed by atoms with Gasteiger partial charge in [-0.25, -0.2) is 0 Å². The van der Waals surface area contributed by atoms with Crippen LogP contribution in [0.2, 0.25) is 0 Å². The van der Waals surface area contributed by atoms with Crippen LogP contribution in [0.5, 0.6) is 0 Å². The fourth-order valence-corrected chi connectivity index (χ4v) is 1.00. The molecule has 13 heavy (non-hydrogen) atoms. The fraction of sp³-hybridized carbons (Fsp3) is 0.600. The van der Waals surface area contributed by atoms with E-state index in [1.807, 2.05) is 13.8 Å². The molecule has 0 spiro atoms. The molecule has 0 saturated carbocycles. The summed E-state index contributed by atoms with van der Waals surface area (Å²) in [6.45, 7) is 5.13. The van der Waals surface area contributed by atoms with Crippen LogP contribution in [0.1, 0.15) is 33.6 Å². The maximum Gasteiger partial charge on any atom is 0.416 e. The van der Waals surface area contributed by atoms with E-state index in [-0.39, 0.29) is 0 Å². The first-order chi connectivity index (χ1) is 5.95. The van der Waals surface area contributed by atoms with Crippen LogP contribution in [0.4, 0.5) is 13.2 Å². The highest BCUT2D eigenvalue weighted by Gasteiger charge is 2.31. The Labute approximate surface area is 77.1 Å². The predicted molar refractivity (Wildman–Crippen MR) is 48.5 cm³/mol. The zero-order valence-electron chi connectivity index (χ0n) is 8.20. The quantitative estimate of drug-likeness (QED) is 0.586. The van der Waals surface area contributed by atoms with Gasteiger partial charge in [-0.3, -0.25) is 0 Å². The Morgan fingerprint density at radius 2 is 1.62 bits per heavy atom. The summed E-state index contributed by atoms with van der Waals surface area (Å²) < 4.78 is 36.7. The first-order valence-corrected chi connectivity index (χ1v) is 4.38. The molecule has 0 aliphatic carbocycles. The molecular formula is C10H15F3. The monoisotopic (exact) mass is 192 g/mol. The van der Waals surface area contributed by atoms with Crippen LogP contribution in [0.15, 0.2) is 23.3 Å². The van der Waals surface area contributed by atoms with Gasteiger partial charge in [0, 0.05) is 0 Å². The van der Waals surface area contributed by atoms with Gasteiger partial charge in [0.2, 0.25) is 0 Å². The van der Waals surface area contributed by atoms with Gasteiger partial charge in [-0.05, 0) is 19.8 Å². The molecule has 0 aromatic carbocycles. The van der Waals surface area contributed by atoms with Crippen molar-refractivity contribution in [1.29, 1.82) is 0 Å². The highest BCUT2D eigenvalue weighted by molar-refractivity contribution is 5.27. The lowest BCUT2D eigenvalue weighted by molar-refractivity contribution is -0.0884. The van der Waals surface area contributed by atoms with E-state index in [9.17, 15) is 13.2 Å². The van der Waals surface area contributed by atoms with E-state index in [4.69, 9.17) is 0 Å². The first-order valence-electron chi connectivity index (χ1n) is 4.38. The van der Waals surface area contributed by atoms with Crippen LogP contribution in [0, 0.1) is 0 Å². The van der Waals surface area contributed by atoms with E-state index >= 15 is 0 Å². The summed E-state index contributed by atoms with van der Waals surface area (Å²) in [7, 11) is 0. The Hall–Kier alpha value is -0.730. The van der Waals surface area contributed by atoms with Gasteiger partial charge in [-0.1, -0.05) is 31.6 Å². The van der Waals surface area contributed by atoms with Crippen LogP contribution in [0.25, 0.3) is 0 Å². The summed E-state index contributed by atoms with van der Waals surface area (Å²) in [4.78, 5) is 0. The number of hydrogen-bond acceptors (Lipinski definition) is 0. The second kappa shape index (κ2) is 5.10. The maximum absolute atomic E-state index is 12.2. The number of rotatable bonds is 3. The van der Waals surface area contributed by atoms with Gasteiger partial charge in [-0.15, -0.1) is 0 Å². The zero-order valence-corrected chi connectivity index (χ0v) is 8.20. The van der Waals surface area contributed by atoms with Crippen molar-refractivity contribution >= 4 is 0 Å². The second-order valence-corrected chi connectivity index (χ2v) is 2.75.